The van der Waals surface area contributed by atoms with Crippen molar-refractivity contribution in [3.8, 4) is 0 Å². The maximum atomic E-state index is 12.9. The van der Waals surface area contributed by atoms with Crippen molar-refractivity contribution >= 4 is 17.5 Å². The fourth-order valence-electron chi connectivity index (χ4n) is 3.07. The van der Waals surface area contributed by atoms with Crippen molar-refractivity contribution in [1.82, 2.24) is 15.1 Å². The Morgan fingerprint density at radius 2 is 2.22 bits per heavy atom. The molecule has 1 aliphatic heterocycles. The minimum atomic E-state index is 0.0427. The molecule has 1 aliphatic rings. The van der Waals surface area contributed by atoms with Gasteiger partial charge in [-0.15, -0.1) is 22.0 Å². The van der Waals surface area contributed by atoms with Crippen LogP contribution >= 0.6 is 11.8 Å². The lowest BCUT2D eigenvalue weighted by atomic mass is 9.90. The molecular formula is C17H21N3O2S. The minimum Gasteiger partial charge on any atom is -0.424 e. The number of rotatable bonds is 5. The predicted octanol–water partition coefficient (Wildman–Crippen LogP) is 3.19. The first-order chi connectivity index (χ1) is 11.2. The first kappa shape index (κ1) is 16.2. The van der Waals surface area contributed by atoms with E-state index in [1.165, 1.54) is 0 Å². The summed E-state index contributed by atoms with van der Waals surface area (Å²) >= 11 is 1.63. The molecule has 0 N–H and O–H groups in total. The number of ketones is 1. The van der Waals surface area contributed by atoms with Crippen molar-refractivity contribution in [2.75, 3.05) is 19.3 Å². The predicted molar refractivity (Wildman–Crippen MR) is 89.6 cm³/mol. The highest BCUT2D eigenvalue weighted by molar-refractivity contribution is 7.98. The maximum absolute atomic E-state index is 12.9. The van der Waals surface area contributed by atoms with Crippen LogP contribution in [0.3, 0.4) is 0 Å². The first-order valence-corrected chi connectivity index (χ1v) is 9.08. The topological polar surface area (TPSA) is 59.2 Å². The number of aryl methyl sites for hydroxylation is 1. The van der Waals surface area contributed by atoms with Crippen molar-refractivity contribution in [3.63, 3.8) is 0 Å². The van der Waals surface area contributed by atoms with Gasteiger partial charge in [0.1, 0.15) is 0 Å². The summed E-state index contributed by atoms with van der Waals surface area (Å²) in [6, 6.07) is 7.87. The zero-order chi connectivity index (χ0) is 16.2. The Morgan fingerprint density at radius 1 is 1.39 bits per heavy atom. The number of hydrogen-bond acceptors (Lipinski definition) is 6. The van der Waals surface area contributed by atoms with Crippen molar-refractivity contribution in [2.45, 2.75) is 31.2 Å². The van der Waals surface area contributed by atoms with Gasteiger partial charge in [-0.05, 0) is 31.7 Å². The molecule has 0 unspecified atom stereocenters. The number of Topliss-reactive ketones (excluding diaryl/α,β-unsaturated/α-hetero) is 1. The van der Waals surface area contributed by atoms with Gasteiger partial charge in [-0.3, -0.25) is 9.69 Å². The smallest absolute Gasteiger partial charge is 0.230 e. The maximum Gasteiger partial charge on any atom is 0.230 e. The van der Waals surface area contributed by atoms with Gasteiger partial charge >= 0.3 is 0 Å². The third kappa shape index (κ3) is 3.82. The molecule has 5 nitrogen and oxygen atoms in total. The number of nitrogens with zero attached hydrogens (tertiary/aromatic N) is 3. The van der Waals surface area contributed by atoms with Crippen LogP contribution in [-0.2, 0) is 6.54 Å². The van der Waals surface area contributed by atoms with Crippen LogP contribution in [0.2, 0.25) is 0 Å². The third-order valence-electron chi connectivity index (χ3n) is 4.18. The summed E-state index contributed by atoms with van der Waals surface area (Å²) in [5, 5.41) is 7.91. The molecule has 23 heavy (non-hydrogen) atoms. The van der Waals surface area contributed by atoms with Crippen LogP contribution in [0.25, 0.3) is 0 Å². The molecule has 0 saturated carbocycles. The zero-order valence-corrected chi connectivity index (χ0v) is 14.3. The largest absolute Gasteiger partial charge is 0.424 e. The fraction of sp³-hybridized carbons (Fsp3) is 0.471. The lowest BCUT2D eigenvalue weighted by Crippen LogP contribution is -2.38. The van der Waals surface area contributed by atoms with E-state index >= 15 is 0 Å². The van der Waals surface area contributed by atoms with Crippen molar-refractivity contribution in [3.05, 3.63) is 41.6 Å². The number of carbonyl (C=O) groups excluding carboxylic acids is 1. The van der Waals surface area contributed by atoms with E-state index in [4.69, 9.17) is 4.42 Å². The second-order valence-electron chi connectivity index (χ2n) is 5.85. The van der Waals surface area contributed by atoms with Gasteiger partial charge in [-0.1, -0.05) is 18.2 Å². The highest BCUT2D eigenvalue weighted by atomic mass is 32.2. The summed E-state index contributed by atoms with van der Waals surface area (Å²) in [6.45, 7) is 4.13. The standard InChI is InChI=1S/C17H21N3O2S/c1-12-18-19-16(22-12)11-20-9-5-6-13(10-20)17(21)14-7-3-4-8-15(14)23-2/h3-4,7-8,13H,5-6,9-11H2,1-2H3/t13-/m1/s1. The van der Waals surface area contributed by atoms with E-state index in [1.54, 1.807) is 18.7 Å². The molecule has 122 valence electrons. The third-order valence-corrected chi connectivity index (χ3v) is 4.97. The highest BCUT2D eigenvalue weighted by Crippen LogP contribution is 2.27. The normalized spacial score (nSPS) is 19.0. The second kappa shape index (κ2) is 7.27. The number of piperidine rings is 1. The van der Waals surface area contributed by atoms with E-state index in [9.17, 15) is 4.79 Å². The van der Waals surface area contributed by atoms with Crippen LogP contribution in [0.5, 0.6) is 0 Å². The lowest BCUT2D eigenvalue weighted by molar-refractivity contribution is 0.0797. The van der Waals surface area contributed by atoms with Crippen LogP contribution in [0.1, 0.15) is 35.0 Å². The Bertz CT molecular complexity index is 686. The molecule has 0 radical (unpaired) electrons. The Kier molecular flexibility index (Phi) is 5.13. The average molecular weight is 331 g/mol. The van der Waals surface area contributed by atoms with E-state index in [0.29, 0.717) is 18.3 Å². The molecule has 3 rings (SSSR count). The molecule has 0 amide bonds. The molecule has 1 atom stereocenters. The average Bonchev–Trinajstić information content (AvgIpc) is 2.99. The number of carbonyl (C=O) groups is 1. The molecule has 1 fully saturated rings. The molecule has 6 heteroatoms. The molecular weight excluding hydrogens is 310 g/mol. The van der Waals surface area contributed by atoms with Crippen molar-refractivity contribution < 1.29 is 9.21 Å². The molecule has 2 heterocycles. The SMILES string of the molecule is CSc1ccccc1C(=O)[C@@H]1CCCN(Cc2nnc(C)o2)C1. The zero-order valence-electron chi connectivity index (χ0n) is 13.5. The summed E-state index contributed by atoms with van der Waals surface area (Å²) in [6.07, 6.45) is 3.98. The Balaban J connectivity index is 1.69. The molecule has 0 bridgehead atoms. The highest BCUT2D eigenvalue weighted by Gasteiger charge is 2.28. The van der Waals surface area contributed by atoms with E-state index in [1.807, 2.05) is 30.5 Å². The fourth-order valence-corrected chi connectivity index (χ4v) is 3.68. The van der Waals surface area contributed by atoms with Gasteiger partial charge in [0.25, 0.3) is 0 Å². The number of aromatic nitrogens is 2. The van der Waals surface area contributed by atoms with Gasteiger partial charge in [0.05, 0.1) is 6.54 Å². The molecule has 1 saturated heterocycles. The first-order valence-electron chi connectivity index (χ1n) is 7.86. The van der Waals surface area contributed by atoms with Crippen LogP contribution in [-0.4, -0.2) is 40.2 Å². The number of hydrogen-bond donors (Lipinski definition) is 0. The second-order valence-corrected chi connectivity index (χ2v) is 6.70. The quantitative estimate of drug-likeness (QED) is 0.619. The molecule has 0 aliphatic carbocycles. The molecule has 2 aromatic rings. The molecule has 0 spiro atoms. The van der Waals surface area contributed by atoms with Gasteiger partial charge in [-0.2, -0.15) is 0 Å². The summed E-state index contributed by atoms with van der Waals surface area (Å²) < 4.78 is 5.45. The van der Waals surface area contributed by atoms with Crippen molar-refractivity contribution in [2.24, 2.45) is 5.92 Å². The van der Waals surface area contributed by atoms with E-state index in [0.717, 1.165) is 36.4 Å². The Hall–Kier alpha value is -1.66. The van der Waals surface area contributed by atoms with Gasteiger partial charge in [0.15, 0.2) is 5.78 Å². The van der Waals surface area contributed by atoms with E-state index in [2.05, 4.69) is 15.1 Å². The van der Waals surface area contributed by atoms with Gasteiger partial charge in [-0.25, -0.2) is 0 Å². The van der Waals surface area contributed by atoms with Crippen molar-refractivity contribution in [1.29, 1.82) is 0 Å². The number of likely N-dealkylation sites (tertiary alicyclic amines) is 1. The van der Waals surface area contributed by atoms with Crippen LogP contribution in [0, 0.1) is 12.8 Å². The van der Waals surface area contributed by atoms with Crippen LogP contribution < -0.4 is 0 Å². The summed E-state index contributed by atoms with van der Waals surface area (Å²) in [5.74, 6) is 1.50. The van der Waals surface area contributed by atoms with Crippen LogP contribution in [0.15, 0.2) is 33.6 Å². The van der Waals surface area contributed by atoms with Crippen LogP contribution in [0.4, 0.5) is 0 Å². The Labute approximate surface area is 140 Å². The van der Waals surface area contributed by atoms with Gasteiger partial charge < -0.3 is 4.42 Å². The van der Waals surface area contributed by atoms with Gasteiger partial charge in [0.2, 0.25) is 11.8 Å². The van der Waals surface area contributed by atoms with E-state index in [-0.39, 0.29) is 11.7 Å². The summed E-state index contributed by atoms with van der Waals surface area (Å²) in [5.41, 5.74) is 0.848. The molecule has 1 aromatic heterocycles. The monoisotopic (exact) mass is 331 g/mol. The summed E-state index contributed by atoms with van der Waals surface area (Å²) in [7, 11) is 0. The minimum absolute atomic E-state index is 0.0427. The molecule has 1 aromatic carbocycles. The van der Waals surface area contributed by atoms with Gasteiger partial charge in [0, 0.05) is 29.8 Å². The summed E-state index contributed by atoms with van der Waals surface area (Å²) in [4.78, 5) is 16.2. The lowest BCUT2D eigenvalue weighted by Gasteiger charge is -2.31. The van der Waals surface area contributed by atoms with E-state index < -0.39 is 0 Å². The number of thioether (sulfide) groups is 1. The Morgan fingerprint density at radius 3 is 2.96 bits per heavy atom. The number of benzene rings is 1.